The van der Waals surface area contributed by atoms with Crippen LogP contribution in [0, 0.1) is 5.41 Å². The largest absolute Gasteiger partial charge is 0.384 e. The summed E-state index contributed by atoms with van der Waals surface area (Å²) in [6, 6.07) is 2.12. The summed E-state index contributed by atoms with van der Waals surface area (Å²) in [5, 5.41) is 7.89. The fraction of sp³-hybridized carbons (Fsp3) is 0.625. The molecule has 3 rings (SSSR count). The lowest BCUT2D eigenvalue weighted by Gasteiger charge is -2.36. The summed E-state index contributed by atoms with van der Waals surface area (Å²) in [7, 11) is 0. The van der Waals surface area contributed by atoms with Gasteiger partial charge in [-0.3, -0.25) is 5.41 Å². The third kappa shape index (κ3) is 2.88. The minimum atomic E-state index is 0.142. The molecule has 1 fully saturated rings. The first-order valence-corrected chi connectivity index (χ1v) is 8.03. The molecule has 2 heterocycles. The maximum absolute atomic E-state index is 7.89. The van der Waals surface area contributed by atoms with Crippen LogP contribution in [-0.2, 0) is 12.8 Å². The fourth-order valence-electron chi connectivity index (χ4n) is 3.34. The summed E-state index contributed by atoms with van der Waals surface area (Å²) < 4.78 is 0. The predicted octanol–water partition coefficient (Wildman–Crippen LogP) is 1.39. The van der Waals surface area contributed by atoms with E-state index in [0.29, 0.717) is 0 Å². The molecular formula is C16H25N5. The van der Waals surface area contributed by atoms with Crippen LogP contribution in [0.5, 0.6) is 0 Å². The third-order valence-electron chi connectivity index (χ3n) is 4.69. The molecule has 21 heavy (non-hydrogen) atoms. The van der Waals surface area contributed by atoms with E-state index >= 15 is 0 Å². The summed E-state index contributed by atoms with van der Waals surface area (Å²) >= 11 is 0. The van der Waals surface area contributed by atoms with Gasteiger partial charge in [-0.15, -0.1) is 0 Å². The molecule has 1 aromatic rings. The van der Waals surface area contributed by atoms with E-state index in [2.05, 4.69) is 22.8 Å². The van der Waals surface area contributed by atoms with Crippen molar-refractivity contribution in [2.24, 2.45) is 5.73 Å². The quantitative estimate of drug-likeness (QED) is 0.651. The van der Waals surface area contributed by atoms with Gasteiger partial charge in [-0.25, -0.2) is 4.98 Å². The Balaban J connectivity index is 1.91. The van der Waals surface area contributed by atoms with Crippen LogP contribution in [0.1, 0.15) is 36.6 Å². The number of likely N-dealkylation sites (N-methyl/N-ethyl adjacent to an activating group) is 1. The Kier molecular flexibility index (Phi) is 4.10. The molecule has 1 aliphatic carbocycles. The van der Waals surface area contributed by atoms with E-state index in [1.54, 1.807) is 0 Å². The number of hydrogen-bond donors (Lipinski definition) is 2. The van der Waals surface area contributed by atoms with Crippen molar-refractivity contribution < 1.29 is 0 Å². The number of nitrogen functional groups attached to an aromatic ring is 1. The number of nitrogens with one attached hydrogen (secondary N) is 1. The Labute approximate surface area is 126 Å². The van der Waals surface area contributed by atoms with Gasteiger partial charge < -0.3 is 15.5 Å². The van der Waals surface area contributed by atoms with Gasteiger partial charge in [0.05, 0.1) is 5.56 Å². The molecule has 0 saturated carbocycles. The van der Waals surface area contributed by atoms with E-state index in [4.69, 9.17) is 16.1 Å². The molecule has 3 N–H and O–H groups in total. The molecule has 0 atom stereocenters. The molecule has 0 aromatic carbocycles. The van der Waals surface area contributed by atoms with Gasteiger partial charge in [0.1, 0.15) is 11.7 Å². The van der Waals surface area contributed by atoms with Crippen molar-refractivity contribution in [2.75, 3.05) is 37.6 Å². The van der Waals surface area contributed by atoms with Crippen LogP contribution in [0.25, 0.3) is 0 Å². The molecule has 0 spiro atoms. The average molecular weight is 287 g/mol. The second kappa shape index (κ2) is 6.02. The molecule has 0 bridgehead atoms. The lowest BCUT2D eigenvalue weighted by molar-refractivity contribution is 0.270. The summed E-state index contributed by atoms with van der Waals surface area (Å²) in [5.74, 6) is 1.07. The first-order chi connectivity index (χ1) is 10.2. The Morgan fingerprint density at radius 3 is 2.62 bits per heavy atom. The van der Waals surface area contributed by atoms with Crippen LogP contribution in [-0.4, -0.2) is 48.4 Å². The van der Waals surface area contributed by atoms with E-state index < -0.39 is 0 Å². The molecule has 114 valence electrons. The van der Waals surface area contributed by atoms with Crippen LogP contribution >= 0.6 is 0 Å². The number of rotatable bonds is 3. The summed E-state index contributed by atoms with van der Waals surface area (Å²) in [6.45, 7) is 7.37. The Hall–Kier alpha value is -1.62. The molecule has 0 radical (unpaired) electrons. The molecular weight excluding hydrogens is 262 g/mol. The van der Waals surface area contributed by atoms with E-state index in [1.165, 1.54) is 24.1 Å². The first kappa shape index (κ1) is 14.3. The molecule has 1 aromatic heterocycles. The second-order valence-electron chi connectivity index (χ2n) is 6.01. The van der Waals surface area contributed by atoms with Gasteiger partial charge in [-0.1, -0.05) is 6.92 Å². The van der Waals surface area contributed by atoms with E-state index in [0.717, 1.165) is 56.9 Å². The van der Waals surface area contributed by atoms with Crippen LogP contribution in [0.2, 0.25) is 0 Å². The minimum absolute atomic E-state index is 0.142. The zero-order valence-electron chi connectivity index (χ0n) is 12.9. The smallest absolute Gasteiger partial charge is 0.139 e. The van der Waals surface area contributed by atoms with Crippen LogP contribution in [0.15, 0.2) is 6.07 Å². The molecule has 5 nitrogen and oxygen atoms in total. The van der Waals surface area contributed by atoms with Crippen molar-refractivity contribution in [3.05, 3.63) is 22.9 Å². The SMILES string of the molecule is CCN1CCN(c2nc3c(cc2C(=N)N)CCCC3)CC1. The number of nitrogens with two attached hydrogens (primary N) is 1. The number of anilines is 1. The molecule has 5 heteroatoms. The van der Waals surface area contributed by atoms with Gasteiger partial charge in [-0.05, 0) is 43.9 Å². The van der Waals surface area contributed by atoms with Crippen molar-refractivity contribution >= 4 is 11.7 Å². The maximum atomic E-state index is 7.89. The number of piperazine rings is 1. The zero-order valence-corrected chi connectivity index (χ0v) is 12.9. The average Bonchev–Trinajstić information content (AvgIpc) is 2.53. The Morgan fingerprint density at radius 2 is 1.95 bits per heavy atom. The number of amidine groups is 1. The lowest BCUT2D eigenvalue weighted by Crippen LogP contribution is -2.47. The maximum Gasteiger partial charge on any atom is 0.139 e. The summed E-state index contributed by atoms with van der Waals surface area (Å²) in [5.41, 5.74) is 9.15. The highest BCUT2D eigenvalue weighted by Gasteiger charge is 2.23. The highest BCUT2D eigenvalue weighted by Crippen LogP contribution is 2.27. The number of aryl methyl sites for hydroxylation is 2. The molecule has 1 saturated heterocycles. The standard InChI is InChI=1S/C16H25N5/c1-2-20-7-9-21(10-8-20)16-13(15(17)18)11-12-5-3-4-6-14(12)19-16/h11H,2-10H2,1H3,(H3,17,18). The summed E-state index contributed by atoms with van der Waals surface area (Å²) in [4.78, 5) is 9.65. The molecule has 1 aliphatic heterocycles. The topological polar surface area (TPSA) is 69.2 Å². The van der Waals surface area contributed by atoms with Crippen molar-refractivity contribution in [1.82, 2.24) is 9.88 Å². The van der Waals surface area contributed by atoms with Gasteiger partial charge in [0.2, 0.25) is 0 Å². The monoisotopic (exact) mass is 287 g/mol. The van der Waals surface area contributed by atoms with Crippen molar-refractivity contribution in [3.63, 3.8) is 0 Å². The van der Waals surface area contributed by atoms with Crippen LogP contribution < -0.4 is 10.6 Å². The van der Waals surface area contributed by atoms with Gasteiger partial charge in [0.25, 0.3) is 0 Å². The van der Waals surface area contributed by atoms with Crippen molar-refractivity contribution in [1.29, 1.82) is 5.41 Å². The third-order valence-corrected chi connectivity index (χ3v) is 4.69. The highest BCUT2D eigenvalue weighted by molar-refractivity contribution is 6.00. The van der Waals surface area contributed by atoms with E-state index in [-0.39, 0.29) is 5.84 Å². The van der Waals surface area contributed by atoms with Crippen molar-refractivity contribution in [2.45, 2.75) is 32.6 Å². The Morgan fingerprint density at radius 1 is 1.24 bits per heavy atom. The number of fused-ring (bicyclic) bond motifs is 1. The number of aromatic nitrogens is 1. The molecule has 0 unspecified atom stereocenters. The van der Waals surface area contributed by atoms with Crippen LogP contribution in [0.4, 0.5) is 5.82 Å². The Bertz CT molecular complexity index is 532. The first-order valence-electron chi connectivity index (χ1n) is 8.03. The molecule has 0 amide bonds. The number of nitrogens with zero attached hydrogens (tertiary/aromatic N) is 3. The second-order valence-corrected chi connectivity index (χ2v) is 6.01. The lowest BCUT2D eigenvalue weighted by atomic mass is 9.94. The van der Waals surface area contributed by atoms with E-state index in [9.17, 15) is 0 Å². The van der Waals surface area contributed by atoms with Gasteiger partial charge in [0.15, 0.2) is 0 Å². The van der Waals surface area contributed by atoms with Gasteiger partial charge >= 0.3 is 0 Å². The van der Waals surface area contributed by atoms with Crippen LogP contribution in [0.3, 0.4) is 0 Å². The fourth-order valence-corrected chi connectivity index (χ4v) is 3.34. The molecule has 2 aliphatic rings. The number of hydrogen-bond acceptors (Lipinski definition) is 4. The predicted molar refractivity (Wildman–Crippen MR) is 86.2 cm³/mol. The van der Waals surface area contributed by atoms with Gasteiger partial charge in [0, 0.05) is 31.9 Å². The zero-order chi connectivity index (χ0) is 14.8. The normalized spacial score (nSPS) is 19.4. The minimum Gasteiger partial charge on any atom is -0.384 e. The van der Waals surface area contributed by atoms with Crippen molar-refractivity contribution in [3.8, 4) is 0 Å². The summed E-state index contributed by atoms with van der Waals surface area (Å²) in [6.07, 6.45) is 4.59. The highest BCUT2D eigenvalue weighted by atomic mass is 15.3. The van der Waals surface area contributed by atoms with Gasteiger partial charge in [-0.2, -0.15) is 0 Å². The van der Waals surface area contributed by atoms with E-state index in [1.807, 2.05) is 0 Å². The number of pyridine rings is 1.